The summed E-state index contributed by atoms with van der Waals surface area (Å²) >= 11 is 0. The monoisotopic (exact) mass is 241 g/mol. The van der Waals surface area contributed by atoms with Crippen molar-refractivity contribution >= 4 is 5.78 Å². The number of hydrogen-bond donors (Lipinski definition) is 0. The van der Waals surface area contributed by atoms with Gasteiger partial charge in [0.15, 0.2) is 5.78 Å². The molecule has 0 bridgehead atoms. The third kappa shape index (κ3) is 2.74. The van der Waals surface area contributed by atoms with Gasteiger partial charge in [-0.2, -0.15) is 0 Å². The van der Waals surface area contributed by atoms with Crippen LogP contribution in [0.4, 0.5) is 0 Å². The largest absolute Gasteiger partial charge is 0.439 e. The molecule has 18 heavy (non-hydrogen) atoms. The summed E-state index contributed by atoms with van der Waals surface area (Å²) < 4.78 is 5.71. The molecular weight excluding hydrogens is 226 g/mol. The minimum Gasteiger partial charge on any atom is -0.439 e. The molecular formula is C15H15NO2. The molecule has 0 saturated carbocycles. The summed E-state index contributed by atoms with van der Waals surface area (Å²) in [4.78, 5) is 15.3. The average molecular weight is 241 g/mol. The lowest BCUT2D eigenvalue weighted by atomic mass is 10.1. The molecule has 1 heterocycles. The molecule has 0 N–H and O–H groups in total. The van der Waals surface area contributed by atoms with E-state index < -0.39 is 0 Å². The fraction of sp³-hybridized carbons (Fsp3) is 0.200. The number of ketones is 1. The van der Waals surface area contributed by atoms with Crippen LogP contribution in [0.3, 0.4) is 0 Å². The molecule has 0 amide bonds. The van der Waals surface area contributed by atoms with Gasteiger partial charge in [0.1, 0.15) is 5.75 Å². The number of benzene rings is 1. The van der Waals surface area contributed by atoms with Crippen molar-refractivity contribution in [2.75, 3.05) is 0 Å². The Morgan fingerprint density at radius 2 is 2.00 bits per heavy atom. The predicted octanol–water partition coefficient (Wildman–Crippen LogP) is 3.64. The highest BCUT2D eigenvalue weighted by atomic mass is 16.5. The maximum atomic E-state index is 11.1. The standard InChI is InChI=1S/C15H15NO2/c1-3-12-6-4-5-7-14(12)18-15-9-8-13(10-16-15)11(2)17/h4-10H,3H2,1-2H3. The van der Waals surface area contributed by atoms with E-state index in [4.69, 9.17) is 4.74 Å². The molecule has 0 aliphatic rings. The number of ether oxygens (including phenoxy) is 1. The van der Waals surface area contributed by atoms with Gasteiger partial charge in [0, 0.05) is 17.8 Å². The van der Waals surface area contributed by atoms with Crippen molar-refractivity contribution in [3.63, 3.8) is 0 Å². The van der Waals surface area contributed by atoms with Crippen LogP contribution in [0.2, 0.25) is 0 Å². The predicted molar refractivity (Wildman–Crippen MR) is 70.1 cm³/mol. The van der Waals surface area contributed by atoms with Crippen molar-refractivity contribution in [2.45, 2.75) is 20.3 Å². The fourth-order valence-corrected chi connectivity index (χ4v) is 1.66. The minimum absolute atomic E-state index is 0.00279. The van der Waals surface area contributed by atoms with Crippen LogP contribution in [0, 0.1) is 0 Å². The zero-order valence-corrected chi connectivity index (χ0v) is 10.5. The first kappa shape index (κ1) is 12.3. The first-order valence-corrected chi connectivity index (χ1v) is 5.93. The smallest absolute Gasteiger partial charge is 0.219 e. The van der Waals surface area contributed by atoms with E-state index >= 15 is 0 Å². The minimum atomic E-state index is 0.00279. The van der Waals surface area contributed by atoms with Gasteiger partial charge < -0.3 is 4.74 Å². The lowest BCUT2D eigenvalue weighted by Gasteiger charge is -2.08. The highest BCUT2D eigenvalue weighted by molar-refractivity contribution is 5.93. The lowest BCUT2D eigenvalue weighted by Crippen LogP contribution is -1.95. The number of aryl methyl sites for hydroxylation is 1. The SMILES string of the molecule is CCc1ccccc1Oc1ccc(C(C)=O)cn1. The molecule has 0 radical (unpaired) electrons. The third-order valence-electron chi connectivity index (χ3n) is 2.71. The Bertz CT molecular complexity index is 547. The molecule has 0 atom stereocenters. The number of pyridine rings is 1. The summed E-state index contributed by atoms with van der Waals surface area (Å²) in [6, 6.07) is 11.3. The fourth-order valence-electron chi connectivity index (χ4n) is 1.66. The summed E-state index contributed by atoms with van der Waals surface area (Å²) in [5.41, 5.74) is 1.72. The number of carbonyl (C=O) groups is 1. The van der Waals surface area contributed by atoms with Gasteiger partial charge in [-0.25, -0.2) is 4.98 Å². The number of para-hydroxylation sites is 1. The number of hydrogen-bond acceptors (Lipinski definition) is 3. The molecule has 0 aliphatic heterocycles. The molecule has 92 valence electrons. The topological polar surface area (TPSA) is 39.2 Å². The van der Waals surface area contributed by atoms with Gasteiger partial charge >= 0.3 is 0 Å². The molecule has 2 rings (SSSR count). The van der Waals surface area contributed by atoms with Crippen LogP contribution in [0.25, 0.3) is 0 Å². The van der Waals surface area contributed by atoms with E-state index in [1.54, 1.807) is 12.1 Å². The van der Waals surface area contributed by atoms with E-state index in [-0.39, 0.29) is 5.78 Å². The second-order valence-electron chi connectivity index (χ2n) is 4.00. The molecule has 0 unspecified atom stereocenters. The maximum absolute atomic E-state index is 11.1. The van der Waals surface area contributed by atoms with Crippen LogP contribution in [-0.4, -0.2) is 10.8 Å². The Morgan fingerprint density at radius 3 is 2.61 bits per heavy atom. The van der Waals surface area contributed by atoms with Gasteiger partial charge in [0.2, 0.25) is 5.88 Å². The van der Waals surface area contributed by atoms with Crippen molar-refractivity contribution in [2.24, 2.45) is 0 Å². The normalized spacial score (nSPS) is 10.1. The number of carbonyl (C=O) groups excluding carboxylic acids is 1. The molecule has 0 aliphatic carbocycles. The number of aromatic nitrogens is 1. The Hall–Kier alpha value is -2.16. The Labute approximate surface area is 106 Å². The van der Waals surface area contributed by atoms with E-state index in [1.807, 2.05) is 24.3 Å². The molecule has 2 aromatic rings. The van der Waals surface area contributed by atoms with Crippen molar-refractivity contribution in [3.05, 3.63) is 53.7 Å². The highest BCUT2D eigenvalue weighted by Crippen LogP contribution is 2.24. The van der Waals surface area contributed by atoms with Crippen molar-refractivity contribution < 1.29 is 9.53 Å². The zero-order chi connectivity index (χ0) is 13.0. The van der Waals surface area contributed by atoms with Crippen LogP contribution in [0.5, 0.6) is 11.6 Å². The first-order valence-electron chi connectivity index (χ1n) is 5.93. The Balaban J connectivity index is 2.21. The van der Waals surface area contributed by atoms with Gasteiger partial charge in [-0.3, -0.25) is 4.79 Å². The van der Waals surface area contributed by atoms with Gasteiger partial charge in [0.05, 0.1) is 0 Å². The van der Waals surface area contributed by atoms with Crippen LogP contribution in [0.1, 0.15) is 29.8 Å². The number of nitrogens with zero attached hydrogens (tertiary/aromatic N) is 1. The van der Waals surface area contributed by atoms with Crippen LogP contribution < -0.4 is 4.74 Å². The van der Waals surface area contributed by atoms with E-state index in [9.17, 15) is 4.79 Å². The molecule has 0 saturated heterocycles. The number of rotatable bonds is 4. The lowest BCUT2D eigenvalue weighted by molar-refractivity contribution is 0.101. The molecule has 1 aromatic carbocycles. The Morgan fingerprint density at radius 1 is 1.22 bits per heavy atom. The van der Waals surface area contributed by atoms with Gasteiger partial charge in [-0.1, -0.05) is 25.1 Å². The van der Waals surface area contributed by atoms with Gasteiger partial charge in [-0.15, -0.1) is 0 Å². The van der Waals surface area contributed by atoms with Gasteiger partial charge in [0.25, 0.3) is 0 Å². The second kappa shape index (κ2) is 5.45. The van der Waals surface area contributed by atoms with Gasteiger partial charge in [-0.05, 0) is 31.0 Å². The Kier molecular flexibility index (Phi) is 3.72. The molecule has 3 heteroatoms. The van der Waals surface area contributed by atoms with Crippen LogP contribution >= 0.6 is 0 Å². The third-order valence-corrected chi connectivity index (χ3v) is 2.71. The quantitative estimate of drug-likeness (QED) is 0.767. The summed E-state index contributed by atoms with van der Waals surface area (Å²) in [6.07, 6.45) is 2.44. The van der Waals surface area contributed by atoms with Crippen molar-refractivity contribution in [3.8, 4) is 11.6 Å². The van der Waals surface area contributed by atoms with Crippen LogP contribution in [-0.2, 0) is 6.42 Å². The second-order valence-corrected chi connectivity index (χ2v) is 4.00. The van der Waals surface area contributed by atoms with Crippen LogP contribution in [0.15, 0.2) is 42.6 Å². The zero-order valence-electron chi connectivity index (χ0n) is 10.5. The average Bonchev–Trinajstić information content (AvgIpc) is 2.40. The van der Waals surface area contributed by atoms with Crippen molar-refractivity contribution in [1.29, 1.82) is 0 Å². The van der Waals surface area contributed by atoms with E-state index in [0.29, 0.717) is 11.4 Å². The molecule has 1 aromatic heterocycles. The highest BCUT2D eigenvalue weighted by Gasteiger charge is 2.04. The van der Waals surface area contributed by atoms with E-state index in [1.165, 1.54) is 13.1 Å². The summed E-state index contributed by atoms with van der Waals surface area (Å²) in [5.74, 6) is 1.31. The summed E-state index contributed by atoms with van der Waals surface area (Å²) in [7, 11) is 0. The van der Waals surface area contributed by atoms with E-state index in [0.717, 1.165) is 17.7 Å². The summed E-state index contributed by atoms with van der Waals surface area (Å²) in [5, 5.41) is 0. The first-order chi connectivity index (χ1) is 8.70. The maximum Gasteiger partial charge on any atom is 0.219 e. The number of Topliss-reactive ketones (excluding diaryl/α,β-unsaturated/α-hetero) is 1. The molecule has 0 fully saturated rings. The van der Waals surface area contributed by atoms with E-state index in [2.05, 4.69) is 11.9 Å². The summed E-state index contributed by atoms with van der Waals surface area (Å²) in [6.45, 7) is 3.60. The van der Waals surface area contributed by atoms with Crippen molar-refractivity contribution in [1.82, 2.24) is 4.98 Å². The molecule has 0 spiro atoms. The molecule has 3 nitrogen and oxygen atoms in total.